The third-order valence-corrected chi connectivity index (χ3v) is 2.47. The van der Waals surface area contributed by atoms with Gasteiger partial charge in [0.25, 0.3) is 5.91 Å². The summed E-state index contributed by atoms with van der Waals surface area (Å²) in [6, 6.07) is 6.68. The third-order valence-electron chi connectivity index (χ3n) is 2.21. The Bertz CT molecular complexity index is 462. The van der Waals surface area contributed by atoms with Gasteiger partial charge in [0.05, 0.1) is 6.54 Å². The second-order valence-electron chi connectivity index (χ2n) is 3.70. The second kappa shape index (κ2) is 10.3. The lowest BCUT2D eigenvalue weighted by molar-refractivity contribution is 0.0955. The van der Waals surface area contributed by atoms with Gasteiger partial charge < -0.3 is 16.4 Å². The first-order chi connectivity index (χ1) is 9.13. The van der Waals surface area contributed by atoms with E-state index < -0.39 is 0 Å². The number of nitrogens with zero attached hydrogens (tertiary/aromatic N) is 1. The number of aliphatic imine (C=N–C) groups is 1. The summed E-state index contributed by atoms with van der Waals surface area (Å²) < 4.78 is 0. The highest BCUT2D eigenvalue weighted by Crippen LogP contribution is 2.08. The van der Waals surface area contributed by atoms with E-state index in [9.17, 15) is 4.79 Å². The lowest BCUT2D eigenvalue weighted by atomic mass is 10.2. The van der Waals surface area contributed by atoms with Crippen molar-refractivity contribution in [2.75, 3.05) is 19.6 Å². The van der Waals surface area contributed by atoms with Crippen molar-refractivity contribution >= 4 is 40.4 Å². The molecule has 0 unspecified atom stereocenters. The van der Waals surface area contributed by atoms with Gasteiger partial charge in [-0.05, 0) is 24.3 Å². The van der Waals surface area contributed by atoms with Crippen LogP contribution in [-0.4, -0.2) is 31.5 Å². The van der Waals surface area contributed by atoms with E-state index in [1.54, 1.807) is 30.3 Å². The van der Waals surface area contributed by atoms with Crippen molar-refractivity contribution in [2.45, 2.75) is 0 Å². The highest BCUT2D eigenvalue weighted by Gasteiger charge is 2.03. The Balaban J connectivity index is 0.00000361. The van der Waals surface area contributed by atoms with Gasteiger partial charge in [0.2, 0.25) is 0 Å². The molecule has 0 aliphatic carbocycles. The molecule has 0 fully saturated rings. The molecule has 1 rings (SSSR count). The number of carbonyl (C=O) groups is 1. The Morgan fingerprint density at radius 1 is 1.35 bits per heavy atom. The largest absolute Gasteiger partial charge is 0.370 e. The van der Waals surface area contributed by atoms with Crippen LogP contribution in [0, 0.1) is 0 Å². The predicted octanol–water partition coefficient (Wildman–Crippen LogP) is 1.74. The highest BCUT2D eigenvalue weighted by molar-refractivity contribution is 8.93. The van der Waals surface area contributed by atoms with Crippen molar-refractivity contribution in [1.29, 1.82) is 0 Å². The van der Waals surface area contributed by atoms with Crippen LogP contribution >= 0.6 is 28.6 Å². The van der Waals surface area contributed by atoms with Crippen molar-refractivity contribution < 1.29 is 4.79 Å². The number of carbonyl (C=O) groups excluding carboxylic acids is 1. The summed E-state index contributed by atoms with van der Waals surface area (Å²) in [5.74, 6) is 0.171. The monoisotopic (exact) mass is 360 g/mol. The SMILES string of the molecule is Br.C=CCNC(N)=NCCNC(=O)c1ccc(Cl)cc1. The molecule has 1 amide bonds. The Morgan fingerprint density at radius 3 is 2.60 bits per heavy atom. The minimum atomic E-state index is -0.163. The van der Waals surface area contributed by atoms with Gasteiger partial charge in [0.1, 0.15) is 0 Å². The number of nitrogens with one attached hydrogen (secondary N) is 2. The zero-order valence-electron chi connectivity index (χ0n) is 10.9. The van der Waals surface area contributed by atoms with Crippen LogP contribution in [0.1, 0.15) is 10.4 Å². The van der Waals surface area contributed by atoms with Crippen molar-refractivity contribution in [3.8, 4) is 0 Å². The fourth-order valence-corrected chi connectivity index (χ4v) is 1.41. The van der Waals surface area contributed by atoms with Gasteiger partial charge in [-0.3, -0.25) is 9.79 Å². The zero-order valence-corrected chi connectivity index (χ0v) is 13.4. The van der Waals surface area contributed by atoms with Crippen LogP contribution in [0.5, 0.6) is 0 Å². The molecule has 5 nitrogen and oxygen atoms in total. The number of hydrogen-bond donors (Lipinski definition) is 3. The summed E-state index contributed by atoms with van der Waals surface area (Å²) in [5.41, 5.74) is 6.13. The minimum Gasteiger partial charge on any atom is -0.370 e. The first kappa shape index (κ1) is 18.5. The van der Waals surface area contributed by atoms with Crippen LogP contribution in [-0.2, 0) is 0 Å². The molecule has 0 spiro atoms. The molecular formula is C13H18BrClN4O. The minimum absolute atomic E-state index is 0. The van der Waals surface area contributed by atoms with Crippen LogP contribution in [0.15, 0.2) is 41.9 Å². The van der Waals surface area contributed by atoms with Gasteiger partial charge in [0.15, 0.2) is 5.96 Å². The molecular weight excluding hydrogens is 344 g/mol. The molecule has 0 heterocycles. The maximum Gasteiger partial charge on any atom is 0.251 e. The molecule has 1 aromatic carbocycles. The Kier molecular flexibility index (Phi) is 9.49. The molecule has 7 heteroatoms. The summed E-state index contributed by atoms with van der Waals surface area (Å²) in [6.07, 6.45) is 1.69. The third kappa shape index (κ3) is 7.16. The lowest BCUT2D eigenvalue weighted by Gasteiger charge is -2.05. The molecule has 110 valence electrons. The first-order valence-corrected chi connectivity index (χ1v) is 6.19. The number of nitrogens with two attached hydrogens (primary N) is 1. The maximum atomic E-state index is 11.7. The lowest BCUT2D eigenvalue weighted by Crippen LogP contribution is -2.33. The first-order valence-electron chi connectivity index (χ1n) is 5.82. The number of rotatable bonds is 6. The average molecular weight is 362 g/mol. The smallest absolute Gasteiger partial charge is 0.251 e. The van der Waals surface area contributed by atoms with E-state index in [1.165, 1.54) is 0 Å². The molecule has 1 aromatic rings. The van der Waals surface area contributed by atoms with Crippen molar-refractivity contribution in [1.82, 2.24) is 10.6 Å². The molecule has 0 aliphatic rings. The van der Waals surface area contributed by atoms with Crippen LogP contribution in [0.2, 0.25) is 5.02 Å². The van der Waals surface area contributed by atoms with E-state index >= 15 is 0 Å². The fraction of sp³-hybridized carbons (Fsp3) is 0.231. The standard InChI is InChI=1S/C13H17ClN4O.BrH/c1-2-7-17-13(15)18-9-8-16-12(19)10-3-5-11(14)6-4-10;/h2-6H,1,7-9H2,(H,16,19)(H3,15,17,18);1H. The Morgan fingerprint density at radius 2 is 2.00 bits per heavy atom. The maximum absolute atomic E-state index is 11.7. The van der Waals surface area contributed by atoms with E-state index in [2.05, 4.69) is 22.2 Å². The van der Waals surface area contributed by atoms with Crippen LogP contribution < -0.4 is 16.4 Å². The van der Waals surface area contributed by atoms with Gasteiger partial charge in [-0.2, -0.15) is 0 Å². The molecule has 0 aromatic heterocycles. The quantitative estimate of drug-likeness (QED) is 0.312. The molecule has 0 bridgehead atoms. The molecule has 0 atom stereocenters. The van der Waals surface area contributed by atoms with Crippen LogP contribution in [0.3, 0.4) is 0 Å². The number of halogens is 2. The second-order valence-corrected chi connectivity index (χ2v) is 4.14. The van der Waals surface area contributed by atoms with Crippen molar-refractivity contribution in [2.24, 2.45) is 10.7 Å². The van der Waals surface area contributed by atoms with Gasteiger partial charge in [-0.15, -0.1) is 23.6 Å². The van der Waals surface area contributed by atoms with E-state index in [-0.39, 0.29) is 22.9 Å². The zero-order chi connectivity index (χ0) is 14.1. The van der Waals surface area contributed by atoms with E-state index in [0.717, 1.165) is 0 Å². The molecule has 20 heavy (non-hydrogen) atoms. The summed E-state index contributed by atoms with van der Waals surface area (Å²) in [4.78, 5) is 15.8. The predicted molar refractivity (Wildman–Crippen MR) is 88.8 cm³/mol. The average Bonchev–Trinajstić information content (AvgIpc) is 2.41. The van der Waals surface area contributed by atoms with Crippen LogP contribution in [0.25, 0.3) is 0 Å². The summed E-state index contributed by atoms with van der Waals surface area (Å²) in [7, 11) is 0. The normalized spacial score (nSPS) is 10.3. The Labute approximate surface area is 134 Å². The molecule has 0 saturated carbocycles. The van der Waals surface area contributed by atoms with Gasteiger partial charge in [-0.25, -0.2) is 0 Å². The van der Waals surface area contributed by atoms with Gasteiger partial charge in [-0.1, -0.05) is 17.7 Å². The van der Waals surface area contributed by atoms with Gasteiger partial charge >= 0.3 is 0 Å². The summed E-state index contributed by atoms with van der Waals surface area (Å²) in [6.45, 7) is 4.94. The van der Waals surface area contributed by atoms with Crippen LogP contribution in [0.4, 0.5) is 0 Å². The van der Waals surface area contributed by atoms with Crippen molar-refractivity contribution in [3.05, 3.63) is 47.5 Å². The molecule has 0 aliphatic heterocycles. The summed E-state index contributed by atoms with van der Waals surface area (Å²) in [5, 5.41) is 6.18. The number of hydrogen-bond acceptors (Lipinski definition) is 2. The summed E-state index contributed by atoms with van der Waals surface area (Å²) >= 11 is 5.74. The Hall–Kier alpha value is -1.53. The fourth-order valence-electron chi connectivity index (χ4n) is 1.28. The number of guanidine groups is 1. The highest BCUT2D eigenvalue weighted by atomic mass is 79.9. The van der Waals surface area contributed by atoms with E-state index in [0.29, 0.717) is 36.2 Å². The number of amides is 1. The topological polar surface area (TPSA) is 79.5 Å². The van der Waals surface area contributed by atoms with E-state index in [4.69, 9.17) is 17.3 Å². The molecule has 0 saturated heterocycles. The number of benzene rings is 1. The van der Waals surface area contributed by atoms with Crippen molar-refractivity contribution in [3.63, 3.8) is 0 Å². The van der Waals surface area contributed by atoms with E-state index in [1.807, 2.05) is 0 Å². The van der Waals surface area contributed by atoms with Gasteiger partial charge in [0, 0.05) is 23.7 Å². The molecule has 4 N–H and O–H groups in total. The molecule has 0 radical (unpaired) electrons.